The smallest absolute Gasteiger partial charge is 0.133 e. The molecule has 0 spiro atoms. The van der Waals surface area contributed by atoms with Gasteiger partial charge in [-0.1, -0.05) is 13.8 Å². The Bertz CT molecular complexity index is 542. The molecule has 1 aliphatic heterocycles. The van der Waals surface area contributed by atoms with Gasteiger partial charge >= 0.3 is 0 Å². The van der Waals surface area contributed by atoms with Crippen molar-refractivity contribution in [2.75, 3.05) is 0 Å². The zero-order valence-electron chi connectivity index (χ0n) is 15.0. The minimum atomic E-state index is 0.309. The molecule has 23 heavy (non-hydrogen) atoms. The highest BCUT2D eigenvalue weighted by Crippen LogP contribution is 2.68. The van der Waals surface area contributed by atoms with E-state index in [4.69, 9.17) is 4.74 Å². The van der Waals surface area contributed by atoms with E-state index in [1.807, 2.05) is 6.92 Å². The van der Waals surface area contributed by atoms with Crippen LogP contribution in [-0.4, -0.2) is 18.0 Å². The van der Waals surface area contributed by atoms with Crippen LogP contribution in [0, 0.1) is 40.4 Å². The summed E-state index contributed by atoms with van der Waals surface area (Å²) in [5.74, 6) is 4.30. The maximum absolute atomic E-state index is 12.2. The summed E-state index contributed by atoms with van der Waals surface area (Å²) in [5.41, 5.74) is 0.833. The minimum absolute atomic E-state index is 0.309. The van der Waals surface area contributed by atoms with Crippen LogP contribution < -0.4 is 0 Å². The first-order valence-electron chi connectivity index (χ1n) is 10.1. The fourth-order valence-electron chi connectivity index (χ4n) is 8.19. The van der Waals surface area contributed by atoms with Crippen LogP contribution in [0.4, 0.5) is 0 Å². The minimum Gasteiger partial charge on any atom is -0.370 e. The maximum atomic E-state index is 12.2. The number of hydrogen-bond acceptors (Lipinski definition) is 2. The first-order chi connectivity index (χ1) is 10.9. The Kier molecular flexibility index (Phi) is 3.00. The highest BCUT2D eigenvalue weighted by molar-refractivity contribution is 5.79. The van der Waals surface area contributed by atoms with E-state index in [-0.39, 0.29) is 0 Å². The van der Waals surface area contributed by atoms with E-state index >= 15 is 0 Å². The van der Waals surface area contributed by atoms with E-state index in [2.05, 4.69) is 13.8 Å². The van der Waals surface area contributed by atoms with Gasteiger partial charge in [-0.05, 0) is 92.8 Å². The summed E-state index contributed by atoms with van der Waals surface area (Å²) in [5, 5.41) is 0. The second kappa shape index (κ2) is 4.62. The number of ketones is 1. The van der Waals surface area contributed by atoms with E-state index in [9.17, 15) is 4.79 Å². The Balaban J connectivity index is 1.46. The predicted octanol–water partition coefficient (Wildman–Crippen LogP) is 4.61. The summed E-state index contributed by atoms with van der Waals surface area (Å²) in [4.78, 5) is 12.2. The molecule has 9 atom stereocenters. The monoisotopic (exact) mass is 316 g/mol. The van der Waals surface area contributed by atoms with Gasteiger partial charge in [0.05, 0.1) is 12.2 Å². The van der Waals surface area contributed by atoms with Gasteiger partial charge in [0.15, 0.2) is 0 Å². The van der Waals surface area contributed by atoms with Crippen molar-refractivity contribution >= 4 is 5.78 Å². The average Bonchev–Trinajstić information content (AvgIpc) is 3.13. The third-order valence-electron chi connectivity index (χ3n) is 9.40. The van der Waals surface area contributed by atoms with Crippen molar-refractivity contribution in [3.05, 3.63) is 0 Å². The van der Waals surface area contributed by atoms with Gasteiger partial charge < -0.3 is 4.74 Å². The molecule has 5 aliphatic rings. The summed E-state index contributed by atoms with van der Waals surface area (Å²) in [6, 6.07) is 0. The molecule has 1 heterocycles. The van der Waals surface area contributed by atoms with Crippen molar-refractivity contribution < 1.29 is 9.53 Å². The van der Waals surface area contributed by atoms with E-state index in [0.717, 1.165) is 30.1 Å². The van der Waals surface area contributed by atoms with Gasteiger partial charge in [-0.15, -0.1) is 0 Å². The van der Waals surface area contributed by atoms with Crippen molar-refractivity contribution in [2.45, 2.75) is 84.3 Å². The van der Waals surface area contributed by atoms with Crippen molar-refractivity contribution in [1.82, 2.24) is 0 Å². The molecule has 2 heteroatoms. The lowest BCUT2D eigenvalue weighted by molar-refractivity contribution is -0.132. The Labute approximate surface area is 140 Å². The van der Waals surface area contributed by atoms with Gasteiger partial charge in [-0.2, -0.15) is 0 Å². The number of Topliss-reactive ketones (excluding diaryl/α,β-unsaturated/α-hetero) is 1. The molecule has 128 valence electrons. The van der Waals surface area contributed by atoms with Gasteiger partial charge in [0.2, 0.25) is 0 Å². The third-order valence-corrected chi connectivity index (χ3v) is 9.40. The number of rotatable bonds is 1. The number of ether oxygens (including phenoxy) is 1. The van der Waals surface area contributed by atoms with Crippen LogP contribution in [0.3, 0.4) is 0 Å². The zero-order chi connectivity index (χ0) is 16.0. The molecule has 5 rings (SSSR count). The Morgan fingerprint density at radius 3 is 2.52 bits per heavy atom. The van der Waals surface area contributed by atoms with E-state index in [0.29, 0.717) is 34.7 Å². The van der Waals surface area contributed by atoms with Gasteiger partial charge in [0.1, 0.15) is 5.78 Å². The molecule has 3 unspecified atom stereocenters. The van der Waals surface area contributed by atoms with Crippen molar-refractivity contribution in [2.24, 2.45) is 40.4 Å². The molecule has 2 nitrogen and oxygen atoms in total. The molecular formula is C21H32O2. The summed E-state index contributed by atoms with van der Waals surface area (Å²) < 4.78 is 5.92. The maximum Gasteiger partial charge on any atom is 0.133 e. The molecular weight excluding hydrogens is 284 g/mol. The number of fused-ring (bicyclic) bond motifs is 6. The second-order valence-corrected chi connectivity index (χ2v) is 10.1. The van der Waals surface area contributed by atoms with Crippen molar-refractivity contribution in [1.29, 1.82) is 0 Å². The van der Waals surface area contributed by atoms with Crippen molar-refractivity contribution in [3.63, 3.8) is 0 Å². The quantitative estimate of drug-likeness (QED) is 0.661. The average molecular weight is 316 g/mol. The summed E-state index contributed by atoms with van der Waals surface area (Å²) in [6.07, 6.45) is 11.8. The SMILES string of the molecule is CC(=O)[C@H]1CC[C@H]2[C@@H]3CCC4CC5OC5C[C@]4(C)[C@H]3CC[C@]12C. The zero-order valence-corrected chi connectivity index (χ0v) is 15.0. The van der Waals surface area contributed by atoms with Crippen LogP contribution in [0.2, 0.25) is 0 Å². The van der Waals surface area contributed by atoms with Gasteiger partial charge in [0.25, 0.3) is 0 Å². The fraction of sp³-hybridized carbons (Fsp3) is 0.952. The standard InChI is InChI=1S/C21H32O2/c1-12(22)15-6-7-16-14-5-4-13-10-18-19(23-18)11-21(13,3)17(14)8-9-20(15,16)2/h13-19H,4-11H2,1-3H3/t13?,14-,15+,16-,17-,18?,19?,20+,21-/m0/s1. The van der Waals surface area contributed by atoms with Crippen LogP contribution in [-0.2, 0) is 9.53 Å². The fourth-order valence-corrected chi connectivity index (χ4v) is 8.19. The van der Waals surface area contributed by atoms with Gasteiger partial charge in [0, 0.05) is 5.92 Å². The number of epoxide rings is 1. The first-order valence-corrected chi connectivity index (χ1v) is 10.1. The highest BCUT2D eigenvalue weighted by Gasteiger charge is 2.63. The number of hydrogen-bond donors (Lipinski definition) is 0. The molecule has 0 aromatic heterocycles. The molecule has 0 amide bonds. The van der Waals surface area contributed by atoms with E-state index in [1.165, 1.54) is 44.9 Å². The summed E-state index contributed by atoms with van der Waals surface area (Å²) in [7, 11) is 0. The molecule has 1 saturated heterocycles. The summed E-state index contributed by atoms with van der Waals surface area (Å²) in [6.45, 7) is 6.91. The Hall–Kier alpha value is -0.370. The van der Waals surface area contributed by atoms with Crippen LogP contribution in [0.25, 0.3) is 0 Å². The molecule has 0 bridgehead atoms. The summed E-state index contributed by atoms with van der Waals surface area (Å²) >= 11 is 0. The molecule has 5 fully saturated rings. The topological polar surface area (TPSA) is 29.6 Å². The lowest BCUT2D eigenvalue weighted by Gasteiger charge is -2.59. The number of carbonyl (C=O) groups excluding carboxylic acids is 1. The molecule has 0 aromatic rings. The molecule has 0 radical (unpaired) electrons. The molecule has 4 saturated carbocycles. The van der Waals surface area contributed by atoms with Gasteiger partial charge in [-0.3, -0.25) is 4.79 Å². The lowest BCUT2D eigenvalue weighted by atomic mass is 9.45. The van der Waals surface area contributed by atoms with Crippen LogP contribution in [0.5, 0.6) is 0 Å². The van der Waals surface area contributed by atoms with Crippen LogP contribution in [0.1, 0.15) is 72.1 Å². The Morgan fingerprint density at radius 2 is 1.74 bits per heavy atom. The van der Waals surface area contributed by atoms with E-state index in [1.54, 1.807) is 0 Å². The Morgan fingerprint density at radius 1 is 0.957 bits per heavy atom. The van der Waals surface area contributed by atoms with E-state index < -0.39 is 0 Å². The third kappa shape index (κ3) is 1.88. The number of carbonyl (C=O) groups is 1. The normalized spacial score (nSPS) is 60.2. The molecule has 0 N–H and O–H groups in total. The van der Waals surface area contributed by atoms with Crippen LogP contribution >= 0.6 is 0 Å². The van der Waals surface area contributed by atoms with Gasteiger partial charge in [-0.25, -0.2) is 0 Å². The molecule has 0 aromatic carbocycles. The second-order valence-electron chi connectivity index (χ2n) is 10.1. The molecule has 4 aliphatic carbocycles. The van der Waals surface area contributed by atoms with Crippen LogP contribution in [0.15, 0.2) is 0 Å². The highest BCUT2D eigenvalue weighted by atomic mass is 16.6. The first kappa shape index (κ1) is 14.9. The van der Waals surface area contributed by atoms with Crippen molar-refractivity contribution in [3.8, 4) is 0 Å². The predicted molar refractivity (Wildman–Crippen MR) is 89.9 cm³/mol. The largest absolute Gasteiger partial charge is 0.370 e. The lowest BCUT2D eigenvalue weighted by Crippen LogP contribution is -2.54.